The lowest BCUT2D eigenvalue weighted by Crippen LogP contribution is -2.47. The van der Waals surface area contributed by atoms with Gasteiger partial charge < -0.3 is 29.7 Å². The van der Waals surface area contributed by atoms with Crippen LogP contribution in [0.5, 0.6) is 11.5 Å². The number of nitrogens with one attached hydrogen (secondary N) is 2. The minimum absolute atomic E-state index is 0.0103. The number of aliphatic carboxylic acids is 1. The molecular weight excluding hydrogens is 464 g/mol. The molecule has 0 saturated carbocycles. The summed E-state index contributed by atoms with van der Waals surface area (Å²) in [6, 6.07) is 8.49. The van der Waals surface area contributed by atoms with Crippen molar-refractivity contribution < 1.29 is 29.0 Å². The molecule has 9 heteroatoms. The van der Waals surface area contributed by atoms with Gasteiger partial charge in [-0.25, -0.2) is 9.59 Å². The minimum atomic E-state index is -1.21. The smallest absolute Gasteiger partial charge is 0.336 e. The van der Waals surface area contributed by atoms with E-state index >= 15 is 0 Å². The number of aromatic amines is 1. The number of rotatable bonds is 9. The summed E-state index contributed by atoms with van der Waals surface area (Å²) in [4.78, 5) is 40.0. The third kappa shape index (κ3) is 5.19. The third-order valence-electron chi connectivity index (χ3n) is 6.02. The average Bonchev–Trinajstić information content (AvgIpc) is 3.19. The number of aryl methyl sites for hydroxylation is 2. The largest absolute Gasteiger partial charge is 0.508 e. The van der Waals surface area contributed by atoms with Gasteiger partial charge in [0.15, 0.2) is 6.10 Å². The summed E-state index contributed by atoms with van der Waals surface area (Å²) in [6.07, 6.45) is 2.08. The molecule has 2 atom stereocenters. The normalized spacial score (nSPS) is 13.0. The van der Waals surface area contributed by atoms with E-state index in [4.69, 9.17) is 9.15 Å². The monoisotopic (exact) mass is 492 g/mol. The topological polar surface area (TPSA) is 142 Å². The molecule has 0 radical (unpaired) electrons. The van der Waals surface area contributed by atoms with Gasteiger partial charge in [-0.3, -0.25) is 4.79 Å². The van der Waals surface area contributed by atoms with Crippen LogP contribution in [0.1, 0.15) is 37.0 Å². The van der Waals surface area contributed by atoms with E-state index in [0.717, 1.165) is 23.1 Å². The van der Waals surface area contributed by atoms with Crippen molar-refractivity contribution in [1.82, 2.24) is 10.3 Å². The molecule has 0 spiro atoms. The maximum atomic E-state index is 13.0. The van der Waals surface area contributed by atoms with Crippen molar-refractivity contribution in [3.8, 4) is 11.5 Å². The lowest BCUT2D eigenvalue weighted by atomic mass is 10.0. The molecule has 0 saturated heterocycles. The predicted molar refractivity (Wildman–Crippen MR) is 135 cm³/mol. The SMILES string of the molecule is CCCc1cc(=O)oc2cc(C)cc(OC(C)C(=O)NC(Cc3c[nH]c4ccc(O)cc34)C(=O)O)c12. The molecule has 2 heterocycles. The molecule has 2 aromatic carbocycles. The minimum Gasteiger partial charge on any atom is -0.508 e. The predicted octanol–water partition coefficient (Wildman–Crippen LogP) is 3.82. The first-order chi connectivity index (χ1) is 17.2. The van der Waals surface area contributed by atoms with Gasteiger partial charge in [-0.2, -0.15) is 0 Å². The number of benzene rings is 2. The zero-order chi connectivity index (χ0) is 26.0. The van der Waals surface area contributed by atoms with Crippen LogP contribution in [-0.2, 0) is 22.4 Å². The van der Waals surface area contributed by atoms with Gasteiger partial charge in [-0.1, -0.05) is 13.3 Å². The maximum absolute atomic E-state index is 13.0. The molecule has 4 aromatic rings. The van der Waals surface area contributed by atoms with Crippen LogP contribution in [-0.4, -0.2) is 39.2 Å². The first-order valence-corrected chi connectivity index (χ1v) is 11.7. The van der Waals surface area contributed by atoms with Gasteiger partial charge in [-0.05, 0) is 67.3 Å². The molecule has 0 fully saturated rings. The summed E-state index contributed by atoms with van der Waals surface area (Å²) in [6.45, 7) is 5.35. The summed E-state index contributed by atoms with van der Waals surface area (Å²) in [5.41, 5.74) is 2.86. The van der Waals surface area contributed by atoms with Crippen molar-refractivity contribution in [2.24, 2.45) is 0 Å². The molecule has 4 rings (SSSR count). The molecule has 0 bridgehead atoms. The number of carboxylic acids is 1. The van der Waals surface area contributed by atoms with E-state index in [1.54, 1.807) is 30.5 Å². The number of phenols is 1. The van der Waals surface area contributed by atoms with Crippen LogP contribution >= 0.6 is 0 Å². The van der Waals surface area contributed by atoms with Crippen molar-refractivity contribution in [2.45, 2.75) is 52.2 Å². The Kier molecular flexibility index (Phi) is 7.00. The molecule has 188 valence electrons. The van der Waals surface area contributed by atoms with Crippen LogP contribution < -0.4 is 15.7 Å². The molecule has 4 N–H and O–H groups in total. The first-order valence-electron chi connectivity index (χ1n) is 11.7. The zero-order valence-electron chi connectivity index (χ0n) is 20.3. The Morgan fingerprint density at radius 1 is 1.17 bits per heavy atom. The van der Waals surface area contributed by atoms with Crippen LogP contribution in [0.15, 0.2) is 51.8 Å². The Balaban J connectivity index is 1.57. The molecule has 0 aliphatic carbocycles. The standard InChI is InChI=1S/C27H28N2O7/c1-4-5-16-11-24(31)36-23-9-14(2)8-22(25(16)23)35-15(3)26(32)29-21(27(33)34)10-17-13-28-20-7-6-18(30)12-19(17)20/h6-9,11-13,15,21,28,30H,4-5,10H2,1-3H3,(H,29,32)(H,33,34). The summed E-state index contributed by atoms with van der Waals surface area (Å²) in [5.74, 6) is -1.35. The number of H-pyrrole nitrogens is 1. The van der Waals surface area contributed by atoms with Gasteiger partial charge in [0.2, 0.25) is 0 Å². The molecule has 1 amide bonds. The van der Waals surface area contributed by atoms with E-state index in [1.165, 1.54) is 19.1 Å². The van der Waals surface area contributed by atoms with Crippen LogP contribution in [0, 0.1) is 6.92 Å². The number of carbonyl (C=O) groups is 2. The number of hydrogen-bond acceptors (Lipinski definition) is 6. The lowest BCUT2D eigenvalue weighted by Gasteiger charge is -2.20. The van der Waals surface area contributed by atoms with E-state index in [9.17, 15) is 24.6 Å². The first kappa shape index (κ1) is 24.8. The number of carbonyl (C=O) groups excluding carboxylic acids is 1. The second kappa shape index (κ2) is 10.2. The van der Waals surface area contributed by atoms with Crippen LogP contribution in [0.2, 0.25) is 0 Å². The van der Waals surface area contributed by atoms with Crippen molar-refractivity contribution in [3.05, 3.63) is 69.7 Å². The van der Waals surface area contributed by atoms with Crippen LogP contribution in [0.4, 0.5) is 0 Å². The number of ether oxygens (including phenoxy) is 1. The van der Waals surface area contributed by atoms with Gasteiger partial charge in [0.05, 0.1) is 5.39 Å². The third-order valence-corrected chi connectivity index (χ3v) is 6.02. The summed E-state index contributed by atoms with van der Waals surface area (Å²) < 4.78 is 11.4. The van der Waals surface area contributed by atoms with Crippen LogP contribution in [0.25, 0.3) is 21.9 Å². The number of hydrogen-bond donors (Lipinski definition) is 4. The highest BCUT2D eigenvalue weighted by molar-refractivity contribution is 5.90. The summed E-state index contributed by atoms with van der Waals surface area (Å²) in [7, 11) is 0. The highest BCUT2D eigenvalue weighted by Crippen LogP contribution is 2.31. The average molecular weight is 493 g/mol. The molecule has 9 nitrogen and oxygen atoms in total. The van der Waals surface area contributed by atoms with Crippen molar-refractivity contribution in [2.75, 3.05) is 0 Å². The number of fused-ring (bicyclic) bond motifs is 2. The number of aromatic nitrogens is 1. The molecule has 0 aliphatic heterocycles. The highest BCUT2D eigenvalue weighted by atomic mass is 16.5. The lowest BCUT2D eigenvalue weighted by molar-refractivity contribution is -0.142. The summed E-state index contributed by atoms with van der Waals surface area (Å²) >= 11 is 0. The van der Waals surface area contributed by atoms with Gasteiger partial charge in [0, 0.05) is 29.6 Å². The number of amides is 1. The van der Waals surface area contributed by atoms with Crippen LogP contribution in [0.3, 0.4) is 0 Å². The van der Waals surface area contributed by atoms with Crippen molar-refractivity contribution in [1.29, 1.82) is 0 Å². The molecule has 36 heavy (non-hydrogen) atoms. The molecule has 2 unspecified atom stereocenters. The molecule has 0 aliphatic rings. The Bertz CT molecular complexity index is 1500. The second-order valence-electron chi connectivity index (χ2n) is 8.88. The Hall–Kier alpha value is -4.27. The van der Waals surface area contributed by atoms with Gasteiger partial charge >= 0.3 is 11.6 Å². The van der Waals surface area contributed by atoms with E-state index in [1.807, 2.05) is 13.8 Å². The van der Waals surface area contributed by atoms with E-state index in [0.29, 0.717) is 34.1 Å². The van der Waals surface area contributed by atoms with Gasteiger partial charge in [0.1, 0.15) is 23.1 Å². The Morgan fingerprint density at radius 3 is 2.67 bits per heavy atom. The maximum Gasteiger partial charge on any atom is 0.336 e. The number of phenolic OH excluding ortho intramolecular Hbond substituents is 1. The second-order valence-corrected chi connectivity index (χ2v) is 8.88. The van der Waals surface area contributed by atoms with E-state index in [2.05, 4.69) is 10.3 Å². The van der Waals surface area contributed by atoms with Gasteiger partial charge in [0.25, 0.3) is 5.91 Å². The number of carboxylic acid groups (broad SMARTS) is 1. The van der Waals surface area contributed by atoms with E-state index < -0.39 is 29.6 Å². The summed E-state index contributed by atoms with van der Waals surface area (Å²) in [5, 5.41) is 23.4. The highest BCUT2D eigenvalue weighted by Gasteiger charge is 2.26. The fraction of sp³-hybridized carbons (Fsp3) is 0.296. The fourth-order valence-corrected chi connectivity index (χ4v) is 4.32. The number of aromatic hydroxyl groups is 1. The van der Waals surface area contributed by atoms with E-state index in [-0.39, 0.29) is 12.2 Å². The van der Waals surface area contributed by atoms with Crippen molar-refractivity contribution >= 4 is 33.7 Å². The fourth-order valence-electron chi connectivity index (χ4n) is 4.32. The van der Waals surface area contributed by atoms with Gasteiger partial charge in [-0.15, -0.1) is 0 Å². The molecule has 2 aromatic heterocycles. The Morgan fingerprint density at radius 2 is 1.94 bits per heavy atom. The quantitative estimate of drug-likeness (QED) is 0.260. The van der Waals surface area contributed by atoms with Crippen molar-refractivity contribution in [3.63, 3.8) is 0 Å². The Labute approximate surface area is 206 Å². The molecular formula is C27H28N2O7. The zero-order valence-corrected chi connectivity index (χ0v) is 20.3.